The maximum Gasteiger partial charge on any atom is 0.313 e. The smallest absolute Gasteiger partial charge is 0.313 e. The van der Waals surface area contributed by atoms with E-state index in [1.54, 1.807) is 0 Å². The Hall–Kier alpha value is -0.930. The molecule has 1 atom stereocenters. The Morgan fingerprint density at radius 1 is 1.43 bits per heavy atom. The number of ether oxygens (including phenoxy) is 1. The van der Waals surface area contributed by atoms with Gasteiger partial charge in [0, 0.05) is 0 Å². The molecule has 0 saturated heterocycles. The van der Waals surface area contributed by atoms with Gasteiger partial charge in [0.2, 0.25) is 0 Å². The summed E-state index contributed by atoms with van der Waals surface area (Å²) in [6, 6.07) is 0. The molecule has 3 nitrogen and oxygen atoms in total. The van der Waals surface area contributed by atoms with E-state index in [1.807, 2.05) is 6.92 Å². The number of unbranched alkanes of at least 4 members (excludes halogenated alkanes) is 1. The average molecular weight is 204 g/mol. The van der Waals surface area contributed by atoms with Gasteiger partial charge in [0.1, 0.15) is 6.42 Å². The van der Waals surface area contributed by atoms with E-state index in [0.29, 0.717) is 6.42 Å². The summed E-state index contributed by atoms with van der Waals surface area (Å²) < 4.78 is 17.9. The van der Waals surface area contributed by atoms with Crippen molar-refractivity contribution in [3.05, 3.63) is 0 Å². The summed E-state index contributed by atoms with van der Waals surface area (Å²) >= 11 is 0. The normalized spacial score (nSPS) is 14.6. The standard InChI is InChI=1S/C10H17FO3/c1-4-5-6-10(2,11)8(12)7-9(13)14-3/h4-7H2,1-3H3. The van der Waals surface area contributed by atoms with E-state index in [1.165, 1.54) is 14.0 Å². The summed E-state index contributed by atoms with van der Waals surface area (Å²) in [5.41, 5.74) is -1.90. The number of esters is 1. The Bertz CT molecular complexity index is 211. The van der Waals surface area contributed by atoms with Crippen LogP contribution in [0.4, 0.5) is 4.39 Å². The van der Waals surface area contributed by atoms with Gasteiger partial charge < -0.3 is 4.74 Å². The quantitative estimate of drug-likeness (QED) is 0.491. The van der Waals surface area contributed by atoms with Crippen molar-refractivity contribution in [1.29, 1.82) is 0 Å². The van der Waals surface area contributed by atoms with E-state index in [4.69, 9.17) is 0 Å². The van der Waals surface area contributed by atoms with E-state index in [9.17, 15) is 14.0 Å². The van der Waals surface area contributed by atoms with Crippen LogP contribution in [0.2, 0.25) is 0 Å². The Balaban J connectivity index is 4.13. The van der Waals surface area contributed by atoms with Gasteiger partial charge in [-0.3, -0.25) is 9.59 Å². The zero-order valence-corrected chi connectivity index (χ0v) is 8.93. The van der Waals surface area contributed by atoms with Crippen LogP contribution in [0, 0.1) is 0 Å². The van der Waals surface area contributed by atoms with Crippen LogP contribution >= 0.6 is 0 Å². The van der Waals surface area contributed by atoms with E-state index in [0.717, 1.165) is 6.42 Å². The second-order valence-corrected chi connectivity index (χ2v) is 3.48. The second-order valence-electron chi connectivity index (χ2n) is 3.48. The molecule has 0 fully saturated rings. The molecule has 1 unspecified atom stereocenters. The van der Waals surface area contributed by atoms with Crippen LogP contribution in [0.5, 0.6) is 0 Å². The lowest BCUT2D eigenvalue weighted by Crippen LogP contribution is -2.32. The molecule has 4 heteroatoms. The highest BCUT2D eigenvalue weighted by atomic mass is 19.1. The van der Waals surface area contributed by atoms with Crippen LogP contribution in [0.25, 0.3) is 0 Å². The lowest BCUT2D eigenvalue weighted by molar-refractivity contribution is -0.146. The molecule has 0 rings (SSSR count). The van der Waals surface area contributed by atoms with Gasteiger partial charge in [-0.2, -0.15) is 0 Å². The molecule has 0 radical (unpaired) electrons. The zero-order valence-electron chi connectivity index (χ0n) is 8.93. The monoisotopic (exact) mass is 204 g/mol. The first-order valence-electron chi connectivity index (χ1n) is 4.73. The van der Waals surface area contributed by atoms with E-state index >= 15 is 0 Å². The lowest BCUT2D eigenvalue weighted by Gasteiger charge is -2.17. The molecule has 0 bridgehead atoms. The molecule has 0 amide bonds. The number of hydrogen-bond donors (Lipinski definition) is 0. The van der Waals surface area contributed by atoms with Gasteiger partial charge >= 0.3 is 5.97 Å². The molecule has 0 aliphatic carbocycles. The molecule has 0 spiro atoms. The number of carbonyl (C=O) groups excluding carboxylic acids is 2. The second kappa shape index (κ2) is 5.73. The maximum atomic E-state index is 13.6. The van der Waals surface area contributed by atoms with Crippen molar-refractivity contribution in [3.63, 3.8) is 0 Å². The first-order valence-corrected chi connectivity index (χ1v) is 4.73. The number of halogens is 1. The molecule has 0 N–H and O–H groups in total. The molecular weight excluding hydrogens is 187 g/mol. The summed E-state index contributed by atoms with van der Waals surface area (Å²) in [4.78, 5) is 22.0. The number of Topliss-reactive ketones (excluding diaryl/α,β-unsaturated/α-hetero) is 1. The van der Waals surface area contributed by atoms with Crippen LogP contribution in [0.3, 0.4) is 0 Å². The van der Waals surface area contributed by atoms with Gasteiger partial charge in [-0.15, -0.1) is 0 Å². The summed E-state index contributed by atoms with van der Waals surface area (Å²) in [5.74, 6) is -1.38. The van der Waals surface area contributed by atoms with Crippen LogP contribution in [0.1, 0.15) is 39.5 Å². The van der Waals surface area contributed by atoms with Crippen LogP contribution < -0.4 is 0 Å². The van der Waals surface area contributed by atoms with Crippen molar-refractivity contribution in [2.75, 3.05) is 7.11 Å². The van der Waals surface area contributed by atoms with Gasteiger partial charge in [-0.05, 0) is 13.3 Å². The van der Waals surface area contributed by atoms with Crippen molar-refractivity contribution in [2.45, 2.75) is 45.2 Å². The first-order chi connectivity index (χ1) is 6.44. The highest BCUT2D eigenvalue weighted by Crippen LogP contribution is 2.21. The molecule has 0 aromatic rings. The van der Waals surface area contributed by atoms with Crippen molar-refractivity contribution in [2.24, 2.45) is 0 Å². The third-order valence-electron chi connectivity index (χ3n) is 2.11. The van der Waals surface area contributed by atoms with Crippen LogP contribution in [-0.2, 0) is 14.3 Å². The van der Waals surface area contributed by atoms with Gasteiger partial charge in [-0.25, -0.2) is 4.39 Å². The molecule has 0 aliphatic rings. The Labute approximate surface area is 83.6 Å². The lowest BCUT2D eigenvalue weighted by atomic mass is 9.94. The van der Waals surface area contributed by atoms with Crippen LogP contribution in [-0.4, -0.2) is 24.5 Å². The largest absolute Gasteiger partial charge is 0.469 e. The van der Waals surface area contributed by atoms with Crippen molar-refractivity contribution >= 4 is 11.8 Å². The molecule has 0 aromatic heterocycles. The van der Waals surface area contributed by atoms with Crippen molar-refractivity contribution < 1.29 is 18.7 Å². The molecule has 0 saturated carbocycles. The summed E-state index contributed by atoms with van der Waals surface area (Å²) in [7, 11) is 1.18. The fourth-order valence-corrected chi connectivity index (χ4v) is 1.04. The average Bonchev–Trinajstić information content (AvgIpc) is 2.14. The highest BCUT2D eigenvalue weighted by molar-refractivity contribution is 5.99. The predicted octanol–water partition coefficient (Wildman–Crippen LogP) is 2.04. The number of ketones is 1. The fourth-order valence-electron chi connectivity index (χ4n) is 1.04. The minimum Gasteiger partial charge on any atom is -0.469 e. The number of hydrogen-bond acceptors (Lipinski definition) is 3. The predicted molar refractivity (Wildman–Crippen MR) is 50.7 cm³/mol. The SMILES string of the molecule is CCCCC(C)(F)C(=O)CC(=O)OC. The van der Waals surface area contributed by atoms with Gasteiger partial charge in [0.15, 0.2) is 11.5 Å². The number of methoxy groups -OCH3 is 1. The molecule has 82 valence electrons. The molecule has 0 aliphatic heterocycles. The third kappa shape index (κ3) is 4.35. The minimum atomic E-state index is -1.90. The highest BCUT2D eigenvalue weighted by Gasteiger charge is 2.33. The molecule has 0 aromatic carbocycles. The third-order valence-corrected chi connectivity index (χ3v) is 2.11. The van der Waals surface area contributed by atoms with Crippen molar-refractivity contribution in [3.8, 4) is 0 Å². The number of rotatable bonds is 6. The summed E-state index contributed by atoms with van der Waals surface area (Å²) in [6.07, 6.45) is 1.15. The van der Waals surface area contributed by atoms with Gasteiger partial charge in [0.05, 0.1) is 7.11 Å². The summed E-state index contributed by atoms with van der Waals surface area (Å²) in [6.45, 7) is 3.13. The van der Waals surface area contributed by atoms with E-state index in [-0.39, 0.29) is 6.42 Å². The van der Waals surface area contributed by atoms with Gasteiger partial charge in [0.25, 0.3) is 0 Å². The number of alkyl halides is 1. The van der Waals surface area contributed by atoms with Crippen LogP contribution in [0.15, 0.2) is 0 Å². The Kier molecular flexibility index (Phi) is 5.35. The molecular formula is C10H17FO3. The van der Waals surface area contributed by atoms with Gasteiger partial charge in [-0.1, -0.05) is 19.8 Å². The minimum absolute atomic E-state index is 0.166. The Morgan fingerprint density at radius 3 is 2.43 bits per heavy atom. The molecule has 14 heavy (non-hydrogen) atoms. The number of carbonyl (C=O) groups is 2. The Morgan fingerprint density at radius 2 is 2.00 bits per heavy atom. The van der Waals surface area contributed by atoms with E-state index in [2.05, 4.69) is 4.74 Å². The fraction of sp³-hybridized carbons (Fsp3) is 0.800. The topological polar surface area (TPSA) is 43.4 Å². The van der Waals surface area contributed by atoms with E-state index < -0.39 is 23.8 Å². The maximum absolute atomic E-state index is 13.6. The zero-order chi connectivity index (χ0) is 11.2. The molecule has 0 heterocycles. The first kappa shape index (κ1) is 13.1. The summed E-state index contributed by atoms with van der Waals surface area (Å²) in [5, 5.41) is 0. The van der Waals surface area contributed by atoms with Crippen molar-refractivity contribution in [1.82, 2.24) is 0 Å².